The topological polar surface area (TPSA) is 0 Å². The quantitative estimate of drug-likeness (QED) is 0.378. The van der Waals surface area contributed by atoms with E-state index in [1.165, 1.54) is 17.6 Å². The highest BCUT2D eigenvalue weighted by molar-refractivity contribution is 5.44. The molecule has 0 rings (SSSR count). The number of hydrogen-bond donors (Lipinski definition) is 0. The zero-order valence-electron chi connectivity index (χ0n) is 13.7. The predicted molar refractivity (Wildman–Crippen MR) is 91.1 cm³/mol. The van der Waals surface area contributed by atoms with Gasteiger partial charge in [0.2, 0.25) is 0 Å². The maximum absolute atomic E-state index is 3.74. The average molecular weight is 250 g/mol. The van der Waals surface area contributed by atoms with Gasteiger partial charge in [-0.25, -0.2) is 0 Å². The fraction of sp³-hybridized carbons (Fsp3) is 0.444. The lowest BCUT2D eigenvalue weighted by atomic mass is 10.1. The summed E-state index contributed by atoms with van der Waals surface area (Å²) in [7, 11) is 0. The molecule has 0 aliphatic heterocycles. The molecule has 0 heterocycles. The van der Waals surface area contributed by atoms with Gasteiger partial charge in [-0.3, -0.25) is 0 Å². The third-order valence-electron chi connectivity index (χ3n) is 1.52. The number of hydrogen-bond acceptors (Lipinski definition) is 0. The molecule has 0 saturated carbocycles. The van der Waals surface area contributed by atoms with Crippen LogP contribution >= 0.6 is 0 Å². The summed E-state index contributed by atoms with van der Waals surface area (Å²) >= 11 is 0. The first kappa shape index (κ1) is 25.5. The van der Waals surface area contributed by atoms with E-state index in [4.69, 9.17) is 0 Å². The largest absolute Gasteiger partial charge is 0.106 e. The lowest BCUT2D eigenvalue weighted by Gasteiger charge is -1.99. The van der Waals surface area contributed by atoms with Crippen molar-refractivity contribution in [1.29, 1.82) is 0 Å². The summed E-state index contributed by atoms with van der Waals surface area (Å²) in [5.74, 6) is 0. The molecule has 0 aromatic heterocycles. The summed E-state index contributed by atoms with van der Waals surface area (Å²) < 4.78 is 0. The number of allylic oxidation sites excluding steroid dienone is 7. The van der Waals surface area contributed by atoms with Gasteiger partial charge < -0.3 is 0 Å². The van der Waals surface area contributed by atoms with Crippen LogP contribution in [0.5, 0.6) is 0 Å². The SMILES string of the molecule is C=C.C=CC(=C/C)/C(/C=C\C)=C\C.CC.CCC. The highest BCUT2D eigenvalue weighted by atomic mass is 14.0. The molecule has 0 spiro atoms. The van der Waals surface area contributed by atoms with E-state index in [1.807, 2.05) is 46.8 Å². The third-order valence-corrected chi connectivity index (χ3v) is 1.52. The maximum Gasteiger partial charge on any atom is -0.0234 e. The van der Waals surface area contributed by atoms with Gasteiger partial charge in [0, 0.05) is 0 Å². The highest BCUT2D eigenvalue weighted by Gasteiger charge is 1.92. The van der Waals surface area contributed by atoms with Crippen LogP contribution in [0, 0.1) is 0 Å². The van der Waals surface area contributed by atoms with Gasteiger partial charge in [-0.1, -0.05) is 71.1 Å². The summed E-state index contributed by atoms with van der Waals surface area (Å²) in [5, 5.41) is 0. The highest BCUT2D eigenvalue weighted by Crippen LogP contribution is 2.11. The Hall–Kier alpha value is -1.30. The molecule has 0 atom stereocenters. The zero-order chi connectivity index (χ0) is 15.4. The fourth-order valence-electron chi connectivity index (χ4n) is 0.941. The second-order valence-corrected chi connectivity index (χ2v) is 2.90. The molecule has 0 saturated heterocycles. The van der Waals surface area contributed by atoms with E-state index >= 15 is 0 Å². The van der Waals surface area contributed by atoms with Crippen molar-refractivity contribution < 1.29 is 0 Å². The van der Waals surface area contributed by atoms with Gasteiger partial charge in [-0.15, -0.1) is 13.2 Å². The average Bonchev–Trinajstić information content (AvgIpc) is 2.44. The summed E-state index contributed by atoms with van der Waals surface area (Å²) in [4.78, 5) is 0. The van der Waals surface area contributed by atoms with Gasteiger partial charge in [0.05, 0.1) is 0 Å². The molecule has 0 bridgehead atoms. The van der Waals surface area contributed by atoms with E-state index in [2.05, 4.69) is 51.8 Å². The summed E-state index contributed by atoms with van der Waals surface area (Å²) in [5.41, 5.74) is 2.41. The Labute approximate surface area is 117 Å². The lowest BCUT2D eigenvalue weighted by Crippen LogP contribution is -1.80. The molecule has 0 N–H and O–H groups in total. The van der Waals surface area contributed by atoms with Crippen LogP contribution in [0.15, 0.2) is 61.3 Å². The molecule has 0 aromatic carbocycles. The molecule has 0 heteroatoms. The molecule has 0 aliphatic rings. The number of rotatable bonds is 3. The Kier molecular flexibility index (Phi) is 42.0. The Bertz CT molecular complexity index is 226. The van der Waals surface area contributed by atoms with Crippen LogP contribution in [0.4, 0.5) is 0 Å². The van der Waals surface area contributed by atoms with Gasteiger partial charge in [0.25, 0.3) is 0 Å². The molecule has 0 nitrogen and oxygen atoms in total. The summed E-state index contributed by atoms with van der Waals surface area (Å²) in [6.45, 7) is 24.1. The second kappa shape index (κ2) is 29.6. The van der Waals surface area contributed by atoms with Crippen LogP contribution < -0.4 is 0 Å². The Morgan fingerprint density at radius 3 is 1.39 bits per heavy atom. The van der Waals surface area contributed by atoms with Crippen molar-refractivity contribution in [2.75, 3.05) is 0 Å². The molecule has 0 unspecified atom stereocenters. The van der Waals surface area contributed by atoms with Crippen LogP contribution in [0.3, 0.4) is 0 Å². The van der Waals surface area contributed by atoms with Crippen molar-refractivity contribution in [3.05, 3.63) is 61.3 Å². The molecule has 0 amide bonds. The smallest absolute Gasteiger partial charge is 0.0234 e. The van der Waals surface area contributed by atoms with E-state index < -0.39 is 0 Å². The zero-order valence-corrected chi connectivity index (χ0v) is 13.7. The second-order valence-electron chi connectivity index (χ2n) is 2.90. The Morgan fingerprint density at radius 1 is 0.889 bits per heavy atom. The molecule has 18 heavy (non-hydrogen) atoms. The molecule has 0 fully saturated rings. The third kappa shape index (κ3) is 20.2. The van der Waals surface area contributed by atoms with Crippen molar-refractivity contribution in [3.63, 3.8) is 0 Å². The molecule has 0 radical (unpaired) electrons. The first-order valence-electron chi connectivity index (χ1n) is 6.79. The van der Waals surface area contributed by atoms with Crippen LogP contribution in [0.25, 0.3) is 0 Å². The van der Waals surface area contributed by atoms with Crippen LogP contribution in [-0.2, 0) is 0 Å². The van der Waals surface area contributed by atoms with Gasteiger partial charge in [-0.2, -0.15) is 0 Å². The van der Waals surface area contributed by atoms with E-state index in [9.17, 15) is 0 Å². The van der Waals surface area contributed by atoms with E-state index in [0.717, 1.165) is 0 Å². The van der Waals surface area contributed by atoms with Gasteiger partial charge >= 0.3 is 0 Å². The normalized spacial score (nSPS) is 10.2. The summed E-state index contributed by atoms with van der Waals surface area (Å²) in [6.07, 6.45) is 11.4. The van der Waals surface area contributed by atoms with Gasteiger partial charge in [-0.05, 0) is 31.9 Å². The molecular formula is C18H34. The first-order chi connectivity index (χ1) is 8.71. The Morgan fingerprint density at radius 2 is 1.22 bits per heavy atom. The molecule has 106 valence electrons. The molecule has 0 aromatic rings. The van der Waals surface area contributed by atoms with Crippen molar-refractivity contribution >= 4 is 0 Å². The predicted octanol–water partition coefficient (Wildman–Crippen LogP) is 6.89. The van der Waals surface area contributed by atoms with E-state index in [1.54, 1.807) is 0 Å². The summed E-state index contributed by atoms with van der Waals surface area (Å²) in [6, 6.07) is 0. The maximum atomic E-state index is 3.74. The van der Waals surface area contributed by atoms with Crippen molar-refractivity contribution in [1.82, 2.24) is 0 Å². The molecule has 0 aliphatic carbocycles. The van der Waals surface area contributed by atoms with Crippen molar-refractivity contribution in [3.8, 4) is 0 Å². The first-order valence-corrected chi connectivity index (χ1v) is 6.79. The minimum Gasteiger partial charge on any atom is -0.106 e. The minimum absolute atomic E-state index is 1.19. The van der Waals surface area contributed by atoms with Gasteiger partial charge in [0.15, 0.2) is 0 Å². The molecular weight excluding hydrogens is 216 g/mol. The lowest BCUT2D eigenvalue weighted by molar-refractivity contribution is 1.09. The van der Waals surface area contributed by atoms with E-state index in [0.29, 0.717) is 0 Å². The monoisotopic (exact) mass is 250 g/mol. The van der Waals surface area contributed by atoms with Crippen LogP contribution in [0.2, 0.25) is 0 Å². The van der Waals surface area contributed by atoms with E-state index in [-0.39, 0.29) is 0 Å². The van der Waals surface area contributed by atoms with Gasteiger partial charge in [0.1, 0.15) is 0 Å². The van der Waals surface area contributed by atoms with Crippen LogP contribution in [0.1, 0.15) is 54.9 Å². The fourth-order valence-corrected chi connectivity index (χ4v) is 0.941. The Balaban J connectivity index is -0.000000118. The minimum atomic E-state index is 1.19. The van der Waals surface area contributed by atoms with Crippen LogP contribution in [-0.4, -0.2) is 0 Å². The van der Waals surface area contributed by atoms with Crippen molar-refractivity contribution in [2.24, 2.45) is 0 Å². The standard InChI is InChI=1S/C11H16.C3H8.C2H6.C2H4/c1-5-9-11(8-4)10(6-2)7-3;1-3-2;2*1-2/h5-9H,2H2,1,3-4H3;3H2,1-2H3;1-2H3;1-2H2/b9-5-,10-7-,11-8-;;;. The van der Waals surface area contributed by atoms with Crippen molar-refractivity contribution in [2.45, 2.75) is 54.9 Å².